The van der Waals surface area contributed by atoms with E-state index >= 15 is 0 Å². The van der Waals surface area contributed by atoms with Gasteiger partial charge in [-0.1, -0.05) is 65.7 Å². The van der Waals surface area contributed by atoms with Gasteiger partial charge in [0.2, 0.25) is 0 Å². The minimum absolute atomic E-state index is 0.475. The van der Waals surface area contributed by atoms with E-state index in [1.807, 2.05) is 13.8 Å². The van der Waals surface area contributed by atoms with Crippen molar-refractivity contribution in [1.82, 2.24) is 0 Å². The van der Waals surface area contributed by atoms with E-state index in [1.54, 1.807) is 0 Å². The summed E-state index contributed by atoms with van der Waals surface area (Å²) >= 11 is 0. The zero-order chi connectivity index (χ0) is 14.9. The Bertz CT molecular complexity index is 248. The number of rotatable bonds is 10. The van der Waals surface area contributed by atoms with Gasteiger partial charge in [0.15, 0.2) is 0 Å². The molecule has 0 aliphatic heterocycles. The average Bonchev–Trinajstić information content (AvgIpc) is 2.25. The highest BCUT2D eigenvalue weighted by molar-refractivity contribution is 5.73. The first-order valence-corrected chi connectivity index (χ1v) is 7.88. The molecule has 0 unspecified atom stereocenters. The second-order valence-electron chi connectivity index (χ2n) is 7.72. The Labute approximate surface area is 120 Å². The topological polar surface area (TPSA) is 37.3 Å². The van der Waals surface area contributed by atoms with Crippen molar-refractivity contribution in [1.29, 1.82) is 0 Å². The summed E-state index contributed by atoms with van der Waals surface area (Å²) in [4.78, 5) is 10.9. The van der Waals surface area contributed by atoms with Crippen molar-refractivity contribution in [2.24, 2.45) is 10.8 Å². The van der Waals surface area contributed by atoms with Gasteiger partial charge in [-0.25, -0.2) is 0 Å². The van der Waals surface area contributed by atoms with Crippen LogP contribution in [0.3, 0.4) is 0 Å². The Hall–Kier alpha value is -0.530. The van der Waals surface area contributed by atoms with Crippen molar-refractivity contribution in [3.05, 3.63) is 0 Å². The van der Waals surface area contributed by atoms with Gasteiger partial charge < -0.3 is 5.11 Å². The second-order valence-corrected chi connectivity index (χ2v) is 7.72. The molecule has 0 saturated heterocycles. The van der Waals surface area contributed by atoms with Crippen molar-refractivity contribution in [2.45, 2.75) is 92.4 Å². The molecule has 0 aliphatic carbocycles. The molecule has 2 nitrogen and oxygen atoms in total. The van der Waals surface area contributed by atoms with E-state index in [-0.39, 0.29) is 0 Å². The molecular weight excluding hydrogens is 236 g/mol. The summed E-state index contributed by atoms with van der Waals surface area (Å²) in [7, 11) is 0. The van der Waals surface area contributed by atoms with Crippen LogP contribution in [0.2, 0.25) is 0 Å². The molecule has 0 radical (unpaired) electrons. The third kappa shape index (κ3) is 11.0. The number of carbonyl (C=O) groups is 1. The van der Waals surface area contributed by atoms with E-state index in [1.165, 1.54) is 44.9 Å². The summed E-state index contributed by atoms with van der Waals surface area (Å²) in [5.41, 5.74) is -0.0743. The second kappa shape index (κ2) is 8.60. The molecule has 0 rings (SSSR count). The van der Waals surface area contributed by atoms with Crippen LogP contribution >= 0.6 is 0 Å². The highest BCUT2D eigenvalue weighted by atomic mass is 16.4. The molecule has 19 heavy (non-hydrogen) atoms. The Kier molecular flexibility index (Phi) is 8.36. The van der Waals surface area contributed by atoms with Crippen LogP contribution < -0.4 is 0 Å². The number of hydrogen-bond acceptors (Lipinski definition) is 1. The maximum atomic E-state index is 10.9. The molecule has 1 N–H and O–H groups in total. The normalized spacial score (nSPS) is 12.7. The fraction of sp³-hybridized carbons (Fsp3) is 0.941. The van der Waals surface area contributed by atoms with Crippen LogP contribution in [-0.4, -0.2) is 11.1 Å². The molecule has 0 heterocycles. The van der Waals surface area contributed by atoms with Crippen LogP contribution in [-0.2, 0) is 4.79 Å². The quantitative estimate of drug-likeness (QED) is 0.520. The molecule has 0 aromatic heterocycles. The molecular formula is C17H34O2. The van der Waals surface area contributed by atoms with Gasteiger partial charge >= 0.3 is 5.97 Å². The molecule has 0 aliphatic rings. The molecule has 0 spiro atoms. The standard InChI is InChI=1S/C17H34O2/c1-16(2,3)13-11-9-7-6-8-10-12-14-17(4,5)15(18)19/h6-14H2,1-5H3,(H,18,19). The van der Waals surface area contributed by atoms with Crippen molar-refractivity contribution in [3.63, 3.8) is 0 Å². The minimum atomic E-state index is -0.672. The molecule has 0 aromatic rings. The lowest BCUT2D eigenvalue weighted by atomic mass is 9.87. The summed E-state index contributed by atoms with van der Waals surface area (Å²) in [5, 5.41) is 9.01. The third-order valence-corrected chi connectivity index (χ3v) is 3.81. The third-order valence-electron chi connectivity index (χ3n) is 3.81. The van der Waals surface area contributed by atoms with Gasteiger partial charge in [-0.2, -0.15) is 0 Å². The molecule has 0 aromatic carbocycles. The number of carboxylic acid groups (broad SMARTS) is 1. The molecule has 0 bridgehead atoms. The summed E-state index contributed by atoms with van der Waals surface area (Å²) in [6, 6.07) is 0. The van der Waals surface area contributed by atoms with Gasteiger partial charge in [0, 0.05) is 0 Å². The first-order valence-electron chi connectivity index (χ1n) is 7.88. The largest absolute Gasteiger partial charge is 0.481 e. The van der Waals surface area contributed by atoms with Crippen molar-refractivity contribution < 1.29 is 9.90 Å². The molecule has 0 fully saturated rings. The lowest BCUT2D eigenvalue weighted by Gasteiger charge is -2.18. The highest BCUT2D eigenvalue weighted by Crippen LogP contribution is 2.25. The lowest BCUT2D eigenvalue weighted by Crippen LogP contribution is -2.23. The predicted octanol–water partition coefficient (Wildman–Crippen LogP) is 5.65. The van der Waals surface area contributed by atoms with Crippen LogP contribution in [0.1, 0.15) is 92.4 Å². The van der Waals surface area contributed by atoms with Crippen LogP contribution in [0.25, 0.3) is 0 Å². The van der Waals surface area contributed by atoms with E-state index in [2.05, 4.69) is 20.8 Å². The van der Waals surface area contributed by atoms with Crippen molar-refractivity contribution >= 4 is 5.97 Å². The van der Waals surface area contributed by atoms with Crippen LogP contribution in [0.15, 0.2) is 0 Å². The summed E-state index contributed by atoms with van der Waals surface area (Å²) in [5.74, 6) is -0.672. The minimum Gasteiger partial charge on any atom is -0.481 e. The zero-order valence-corrected chi connectivity index (χ0v) is 13.7. The number of unbranched alkanes of at least 4 members (excludes halogenated alkanes) is 6. The van der Waals surface area contributed by atoms with Gasteiger partial charge in [-0.15, -0.1) is 0 Å². The van der Waals surface area contributed by atoms with E-state index in [0.717, 1.165) is 12.8 Å². The Morgan fingerprint density at radius 1 is 0.737 bits per heavy atom. The van der Waals surface area contributed by atoms with E-state index in [9.17, 15) is 4.79 Å². The number of aliphatic carboxylic acids is 1. The first-order chi connectivity index (χ1) is 8.65. The molecule has 0 amide bonds. The van der Waals surface area contributed by atoms with Gasteiger partial charge in [0.25, 0.3) is 0 Å². The Balaban J connectivity index is 3.35. The maximum Gasteiger partial charge on any atom is 0.309 e. The number of carboxylic acids is 1. The summed E-state index contributed by atoms with van der Waals surface area (Å²) in [6.45, 7) is 10.6. The average molecular weight is 270 g/mol. The van der Waals surface area contributed by atoms with Gasteiger partial charge in [-0.3, -0.25) is 4.79 Å². The Morgan fingerprint density at radius 2 is 1.11 bits per heavy atom. The maximum absolute atomic E-state index is 10.9. The predicted molar refractivity (Wildman–Crippen MR) is 82.4 cm³/mol. The van der Waals surface area contributed by atoms with Gasteiger partial charge in [0.1, 0.15) is 0 Å². The fourth-order valence-corrected chi connectivity index (χ4v) is 2.21. The molecule has 0 atom stereocenters. The van der Waals surface area contributed by atoms with E-state index < -0.39 is 11.4 Å². The van der Waals surface area contributed by atoms with E-state index in [4.69, 9.17) is 5.11 Å². The zero-order valence-electron chi connectivity index (χ0n) is 13.7. The number of hydrogen-bond donors (Lipinski definition) is 1. The highest BCUT2D eigenvalue weighted by Gasteiger charge is 2.25. The monoisotopic (exact) mass is 270 g/mol. The van der Waals surface area contributed by atoms with Gasteiger partial charge in [-0.05, 0) is 32.1 Å². The lowest BCUT2D eigenvalue weighted by molar-refractivity contribution is -0.147. The SMILES string of the molecule is CC(C)(C)CCCCCCCCCC(C)(C)C(=O)O. The molecule has 0 saturated carbocycles. The van der Waals surface area contributed by atoms with Crippen molar-refractivity contribution in [3.8, 4) is 0 Å². The van der Waals surface area contributed by atoms with Gasteiger partial charge in [0.05, 0.1) is 5.41 Å². The fourth-order valence-electron chi connectivity index (χ4n) is 2.21. The first kappa shape index (κ1) is 18.5. The van der Waals surface area contributed by atoms with Crippen LogP contribution in [0.5, 0.6) is 0 Å². The van der Waals surface area contributed by atoms with Crippen LogP contribution in [0.4, 0.5) is 0 Å². The Morgan fingerprint density at radius 3 is 1.47 bits per heavy atom. The van der Waals surface area contributed by atoms with Crippen LogP contribution in [0, 0.1) is 10.8 Å². The smallest absolute Gasteiger partial charge is 0.309 e. The van der Waals surface area contributed by atoms with Crippen molar-refractivity contribution in [2.75, 3.05) is 0 Å². The molecule has 2 heteroatoms. The summed E-state index contributed by atoms with van der Waals surface area (Å²) in [6.07, 6.45) is 10.9. The van der Waals surface area contributed by atoms with E-state index in [0.29, 0.717) is 5.41 Å². The molecule has 114 valence electrons. The summed E-state index contributed by atoms with van der Waals surface area (Å²) < 4.78 is 0.